The fourth-order valence-corrected chi connectivity index (χ4v) is 3.35. The van der Waals surface area contributed by atoms with Gasteiger partial charge in [0.1, 0.15) is 6.61 Å². The van der Waals surface area contributed by atoms with Gasteiger partial charge < -0.3 is 9.84 Å². The number of aliphatic carboxylic acids is 1. The van der Waals surface area contributed by atoms with Crippen molar-refractivity contribution in [3.05, 3.63) is 72.3 Å². The van der Waals surface area contributed by atoms with Gasteiger partial charge in [-0.3, -0.25) is 9.59 Å². The molecule has 1 N–H and O–H groups in total. The minimum atomic E-state index is -1.01. The van der Waals surface area contributed by atoms with E-state index < -0.39 is 17.9 Å². The van der Waals surface area contributed by atoms with Gasteiger partial charge >= 0.3 is 11.9 Å². The summed E-state index contributed by atoms with van der Waals surface area (Å²) in [5.41, 5.74) is 4.60. The number of fused-ring (bicyclic) bond motifs is 3. The Morgan fingerprint density at radius 3 is 2.16 bits per heavy atom. The Hall–Kier alpha value is -2.88. The Morgan fingerprint density at radius 1 is 1.08 bits per heavy atom. The lowest BCUT2D eigenvalue weighted by atomic mass is 9.98. The predicted molar refractivity (Wildman–Crippen MR) is 95.2 cm³/mol. The molecule has 3 rings (SSSR count). The standard InChI is InChI=1S/C21H20O4/c1-2-7-14(21(23)24)12-20(22)25-13-19-17-10-5-3-8-15(17)16-9-4-6-11-18(16)19/h2-6,8-11,14,19H,1,7,12-13H2,(H,23,24)/t14-/m1/s1. The molecule has 128 valence electrons. The molecule has 1 atom stereocenters. The minimum absolute atomic E-state index is 0.0148. The number of hydrogen-bond donors (Lipinski definition) is 1. The zero-order valence-corrected chi connectivity index (χ0v) is 13.9. The van der Waals surface area contributed by atoms with Gasteiger partial charge in [-0.15, -0.1) is 6.58 Å². The average Bonchev–Trinajstić information content (AvgIpc) is 2.93. The van der Waals surface area contributed by atoms with E-state index in [0.717, 1.165) is 22.3 Å². The van der Waals surface area contributed by atoms with E-state index in [1.165, 1.54) is 6.08 Å². The molecule has 1 aliphatic carbocycles. The first kappa shape index (κ1) is 17.0. The predicted octanol–water partition coefficient (Wildman–Crippen LogP) is 4.01. The molecule has 1 aliphatic rings. The normalized spacial score (nSPS) is 13.6. The fraction of sp³-hybridized carbons (Fsp3) is 0.238. The van der Waals surface area contributed by atoms with Crippen molar-refractivity contribution in [1.29, 1.82) is 0 Å². The van der Waals surface area contributed by atoms with Crippen molar-refractivity contribution in [3.63, 3.8) is 0 Å². The summed E-state index contributed by atoms with van der Waals surface area (Å²) < 4.78 is 5.43. The van der Waals surface area contributed by atoms with Crippen molar-refractivity contribution >= 4 is 11.9 Å². The van der Waals surface area contributed by atoms with Crippen LogP contribution in [0.1, 0.15) is 29.9 Å². The van der Waals surface area contributed by atoms with Crippen molar-refractivity contribution in [2.24, 2.45) is 5.92 Å². The molecule has 0 aliphatic heterocycles. The molecule has 0 radical (unpaired) electrons. The second-order valence-corrected chi connectivity index (χ2v) is 6.17. The second kappa shape index (κ2) is 7.34. The number of rotatable bonds is 7. The van der Waals surface area contributed by atoms with Crippen LogP contribution in [-0.4, -0.2) is 23.7 Å². The highest BCUT2D eigenvalue weighted by Crippen LogP contribution is 2.44. The van der Waals surface area contributed by atoms with Gasteiger partial charge in [-0.2, -0.15) is 0 Å². The van der Waals surface area contributed by atoms with Crippen LogP contribution in [0.2, 0.25) is 0 Å². The van der Waals surface area contributed by atoms with Gasteiger partial charge in [-0.05, 0) is 28.7 Å². The van der Waals surface area contributed by atoms with Crippen LogP contribution in [0.25, 0.3) is 11.1 Å². The summed E-state index contributed by atoms with van der Waals surface area (Å²) >= 11 is 0. The van der Waals surface area contributed by atoms with Crippen molar-refractivity contribution in [1.82, 2.24) is 0 Å². The molecule has 0 bridgehead atoms. The number of esters is 1. The second-order valence-electron chi connectivity index (χ2n) is 6.17. The maximum atomic E-state index is 12.1. The molecule has 0 saturated heterocycles. The van der Waals surface area contributed by atoms with E-state index >= 15 is 0 Å². The van der Waals surface area contributed by atoms with E-state index in [1.54, 1.807) is 0 Å². The highest BCUT2D eigenvalue weighted by Gasteiger charge is 2.29. The molecule has 2 aromatic rings. The van der Waals surface area contributed by atoms with E-state index in [4.69, 9.17) is 9.84 Å². The summed E-state index contributed by atoms with van der Waals surface area (Å²) in [6.45, 7) is 3.75. The van der Waals surface area contributed by atoms with Gasteiger partial charge in [-0.1, -0.05) is 54.6 Å². The smallest absolute Gasteiger partial charge is 0.307 e. The topological polar surface area (TPSA) is 63.6 Å². The van der Waals surface area contributed by atoms with Gasteiger partial charge in [0.2, 0.25) is 0 Å². The zero-order chi connectivity index (χ0) is 17.8. The minimum Gasteiger partial charge on any atom is -0.481 e. The lowest BCUT2D eigenvalue weighted by molar-refractivity contribution is -0.151. The summed E-state index contributed by atoms with van der Waals surface area (Å²) in [5.74, 6) is -2.29. The van der Waals surface area contributed by atoms with Gasteiger partial charge in [0.15, 0.2) is 0 Å². The number of allylic oxidation sites excluding steroid dienone is 1. The first-order valence-electron chi connectivity index (χ1n) is 8.29. The van der Waals surface area contributed by atoms with Crippen LogP contribution in [0.3, 0.4) is 0 Å². The molecular weight excluding hydrogens is 316 g/mol. The number of carbonyl (C=O) groups is 2. The number of ether oxygens (including phenoxy) is 1. The molecule has 0 amide bonds. The molecule has 0 saturated carbocycles. The van der Waals surface area contributed by atoms with E-state index in [2.05, 4.69) is 18.7 Å². The number of carbonyl (C=O) groups excluding carboxylic acids is 1. The maximum Gasteiger partial charge on any atom is 0.307 e. The van der Waals surface area contributed by atoms with Crippen LogP contribution in [0, 0.1) is 5.92 Å². The van der Waals surface area contributed by atoms with Gasteiger partial charge in [-0.25, -0.2) is 0 Å². The Balaban J connectivity index is 1.72. The summed E-state index contributed by atoms with van der Waals surface area (Å²) in [5, 5.41) is 9.14. The van der Waals surface area contributed by atoms with Crippen LogP contribution in [0.15, 0.2) is 61.2 Å². The highest BCUT2D eigenvalue weighted by molar-refractivity contribution is 5.80. The summed E-state index contributed by atoms with van der Waals surface area (Å²) in [4.78, 5) is 23.3. The Labute approximate surface area is 146 Å². The van der Waals surface area contributed by atoms with Crippen LogP contribution in [0.4, 0.5) is 0 Å². The zero-order valence-electron chi connectivity index (χ0n) is 13.9. The van der Waals surface area contributed by atoms with Crippen molar-refractivity contribution in [3.8, 4) is 11.1 Å². The first-order chi connectivity index (χ1) is 12.1. The van der Waals surface area contributed by atoms with Gasteiger partial charge in [0.25, 0.3) is 0 Å². The van der Waals surface area contributed by atoms with E-state index in [9.17, 15) is 9.59 Å². The summed E-state index contributed by atoms with van der Waals surface area (Å²) in [6.07, 6.45) is 1.62. The molecule has 2 aromatic carbocycles. The van der Waals surface area contributed by atoms with Crippen molar-refractivity contribution in [2.75, 3.05) is 6.61 Å². The monoisotopic (exact) mass is 336 g/mol. The van der Waals surface area contributed by atoms with Crippen LogP contribution < -0.4 is 0 Å². The van der Waals surface area contributed by atoms with Gasteiger partial charge in [0.05, 0.1) is 12.3 Å². The molecule has 0 heterocycles. The highest BCUT2D eigenvalue weighted by atomic mass is 16.5. The van der Waals surface area contributed by atoms with E-state index in [1.807, 2.05) is 36.4 Å². The molecular formula is C21H20O4. The number of hydrogen-bond acceptors (Lipinski definition) is 3. The Morgan fingerprint density at radius 2 is 1.64 bits per heavy atom. The third-order valence-electron chi connectivity index (χ3n) is 4.59. The number of carboxylic acid groups (broad SMARTS) is 1. The molecule has 0 unspecified atom stereocenters. The Kier molecular flexibility index (Phi) is 4.98. The Bertz CT molecular complexity index is 764. The molecule has 0 aromatic heterocycles. The third kappa shape index (κ3) is 3.48. The first-order valence-corrected chi connectivity index (χ1v) is 8.29. The maximum absolute atomic E-state index is 12.1. The molecule has 4 nitrogen and oxygen atoms in total. The number of benzene rings is 2. The quantitative estimate of drug-likeness (QED) is 0.613. The number of carboxylic acids is 1. The van der Waals surface area contributed by atoms with Crippen LogP contribution in [0.5, 0.6) is 0 Å². The largest absolute Gasteiger partial charge is 0.481 e. The summed E-state index contributed by atoms with van der Waals surface area (Å²) in [6, 6.07) is 16.2. The molecule has 4 heteroatoms. The SMILES string of the molecule is C=CC[C@H](CC(=O)OCC1c2ccccc2-c2ccccc21)C(=O)O. The van der Waals surface area contributed by atoms with E-state index in [-0.39, 0.29) is 25.4 Å². The lowest BCUT2D eigenvalue weighted by Crippen LogP contribution is -2.20. The average molecular weight is 336 g/mol. The van der Waals surface area contributed by atoms with Crippen molar-refractivity contribution in [2.45, 2.75) is 18.8 Å². The van der Waals surface area contributed by atoms with E-state index in [0.29, 0.717) is 0 Å². The summed E-state index contributed by atoms with van der Waals surface area (Å²) in [7, 11) is 0. The lowest BCUT2D eigenvalue weighted by Gasteiger charge is -2.15. The van der Waals surface area contributed by atoms with Crippen molar-refractivity contribution < 1.29 is 19.4 Å². The fourth-order valence-electron chi connectivity index (χ4n) is 3.35. The van der Waals surface area contributed by atoms with Crippen LogP contribution >= 0.6 is 0 Å². The van der Waals surface area contributed by atoms with Crippen LogP contribution in [-0.2, 0) is 14.3 Å². The molecule has 0 fully saturated rings. The van der Waals surface area contributed by atoms with Gasteiger partial charge in [0, 0.05) is 5.92 Å². The molecule has 25 heavy (non-hydrogen) atoms. The molecule has 0 spiro atoms. The third-order valence-corrected chi connectivity index (χ3v) is 4.59.